The third kappa shape index (κ3) is 4.07. The second kappa shape index (κ2) is 8.63. The summed E-state index contributed by atoms with van der Waals surface area (Å²) in [5.74, 6) is -0.154. The standard InChI is InChI=1S/C22H31N5O2/c1-4-15(2)23-22(28)21-16(3)27(25-24-21)20-7-5-6-17-14-26(11-8-19(17)20)18-9-12-29-13-10-18/h5-7,15,18H,4,8-14H2,1-3H3,(H,23,28)/t15-/m1/s1. The highest BCUT2D eigenvalue weighted by Gasteiger charge is 2.27. The lowest BCUT2D eigenvalue weighted by atomic mass is 9.95. The predicted molar refractivity (Wildman–Crippen MR) is 111 cm³/mol. The van der Waals surface area contributed by atoms with Crippen molar-refractivity contribution in [3.05, 3.63) is 40.7 Å². The highest BCUT2D eigenvalue weighted by molar-refractivity contribution is 5.93. The van der Waals surface area contributed by atoms with Crippen LogP contribution >= 0.6 is 0 Å². The van der Waals surface area contributed by atoms with E-state index in [0.29, 0.717) is 11.7 Å². The number of fused-ring (bicyclic) bond motifs is 1. The summed E-state index contributed by atoms with van der Waals surface area (Å²) in [6.45, 7) is 9.71. The molecule has 3 heterocycles. The summed E-state index contributed by atoms with van der Waals surface area (Å²) >= 11 is 0. The highest BCUT2D eigenvalue weighted by atomic mass is 16.5. The maximum absolute atomic E-state index is 12.5. The molecule has 1 aromatic carbocycles. The lowest BCUT2D eigenvalue weighted by Crippen LogP contribution is -2.42. The van der Waals surface area contributed by atoms with Gasteiger partial charge in [-0.3, -0.25) is 9.69 Å². The van der Waals surface area contributed by atoms with Crippen LogP contribution in [0.4, 0.5) is 0 Å². The third-order valence-electron chi connectivity index (χ3n) is 6.31. The number of nitrogens with zero attached hydrogens (tertiary/aromatic N) is 4. The van der Waals surface area contributed by atoms with Crippen molar-refractivity contribution in [2.24, 2.45) is 0 Å². The van der Waals surface area contributed by atoms with Crippen LogP contribution in [0.3, 0.4) is 0 Å². The van der Waals surface area contributed by atoms with Crippen LogP contribution in [0.5, 0.6) is 0 Å². The lowest BCUT2D eigenvalue weighted by Gasteiger charge is -2.38. The number of hydrogen-bond acceptors (Lipinski definition) is 5. The van der Waals surface area contributed by atoms with Gasteiger partial charge < -0.3 is 10.1 Å². The molecule has 0 bridgehead atoms. The fraction of sp³-hybridized carbons (Fsp3) is 0.591. The number of rotatable bonds is 5. The van der Waals surface area contributed by atoms with Crippen LogP contribution in [0.15, 0.2) is 18.2 Å². The van der Waals surface area contributed by atoms with E-state index in [2.05, 4.69) is 45.7 Å². The number of ether oxygens (including phenoxy) is 1. The van der Waals surface area contributed by atoms with Gasteiger partial charge in [-0.05, 0) is 56.7 Å². The van der Waals surface area contributed by atoms with Gasteiger partial charge in [-0.2, -0.15) is 0 Å². The molecule has 0 unspecified atom stereocenters. The average molecular weight is 398 g/mol. The second-order valence-corrected chi connectivity index (χ2v) is 8.20. The Morgan fingerprint density at radius 3 is 2.90 bits per heavy atom. The van der Waals surface area contributed by atoms with E-state index in [0.717, 1.165) is 63.4 Å². The number of nitrogens with one attached hydrogen (secondary N) is 1. The van der Waals surface area contributed by atoms with Crippen LogP contribution in [0.25, 0.3) is 5.69 Å². The molecule has 0 saturated carbocycles. The van der Waals surface area contributed by atoms with Crippen molar-refractivity contribution in [3.63, 3.8) is 0 Å². The topological polar surface area (TPSA) is 72.3 Å². The van der Waals surface area contributed by atoms with E-state index in [1.807, 2.05) is 18.5 Å². The van der Waals surface area contributed by atoms with Gasteiger partial charge in [-0.25, -0.2) is 4.68 Å². The maximum Gasteiger partial charge on any atom is 0.273 e. The first-order chi connectivity index (χ1) is 14.1. The molecule has 1 aromatic heterocycles. The van der Waals surface area contributed by atoms with E-state index in [9.17, 15) is 4.79 Å². The predicted octanol–water partition coefficient (Wildman–Crippen LogP) is 2.64. The second-order valence-electron chi connectivity index (χ2n) is 8.20. The first kappa shape index (κ1) is 20.0. The molecule has 2 aliphatic heterocycles. The molecular weight excluding hydrogens is 366 g/mol. The number of benzene rings is 1. The SMILES string of the molecule is CC[C@@H](C)NC(=O)c1nnn(-c2cccc3c2CCN(C2CCOCC2)C3)c1C. The minimum Gasteiger partial charge on any atom is -0.381 e. The molecule has 0 spiro atoms. The van der Waals surface area contributed by atoms with Crippen molar-refractivity contribution in [3.8, 4) is 5.69 Å². The average Bonchev–Trinajstić information content (AvgIpc) is 3.14. The zero-order valence-corrected chi connectivity index (χ0v) is 17.6. The fourth-order valence-corrected chi connectivity index (χ4v) is 4.33. The molecule has 156 valence electrons. The quantitative estimate of drug-likeness (QED) is 0.840. The van der Waals surface area contributed by atoms with E-state index in [4.69, 9.17) is 4.74 Å². The molecule has 0 radical (unpaired) electrons. The Morgan fingerprint density at radius 1 is 1.34 bits per heavy atom. The Labute approximate surface area is 172 Å². The molecule has 2 aromatic rings. The number of hydrogen-bond donors (Lipinski definition) is 1. The van der Waals surface area contributed by atoms with Gasteiger partial charge in [0.15, 0.2) is 5.69 Å². The van der Waals surface area contributed by atoms with Gasteiger partial charge in [-0.1, -0.05) is 24.3 Å². The Kier molecular flexibility index (Phi) is 5.96. The lowest BCUT2D eigenvalue weighted by molar-refractivity contribution is 0.0290. The maximum atomic E-state index is 12.5. The first-order valence-electron chi connectivity index (χ1n) is 10.7. The monoisotopic (exact) mass is 397 g/mol. The van der Waals surface area contributed by atoms with Crippen molar-refractivity contribution < 1.29 is 9.53 Å². The van der Waals surface area contributed by atoms with Gasteiger partial charge in [0.1, 0.15) is 0 Å². The summed E-state index contributed by atoms with van der Waals surface area (Å²) in [7, 11) is 0. The first-order valence-corrected chi connectivity index (χ1v) is 10.7. The third-order valence-corrected chi connectivity index (χ3v) is 6.31. The minimum absolute atomic E-state index is 0.118. The summed E-state index contributed by atoms with van der Waals surface area (Å²) < 4.78 is 7.35. The molecule has 7 heteroatoms. The van der Waals surface area contributed by atoms with Crippen molar-refractivity contribution in [2.75, 3.05) is 19.8 Å². The van der Waals surface area contributed by atoms with Crippen molar-refractivity contribution in [1.82, 2.24) is 25.2 Å². The van der Waals surface area contributed by atoms with Crippen LogP contribution in [-0.4, -0.2) is 57.6 Å². The van der Waals surface area contributed by atoms with Crippen molar-refractivity contribution in [1.29, 1.82) is 0 Å². The van der Waals surface area contributed by atoms with Gasteiger partial charge >= 0.3 is 0 Å². The molecule has 7 nitrogen and oxygen atoms in total. The molecule has 1 saturated heterocycles. The van der Waals surface area contributed by atoms with Gasteiger partial charge in [0, 0.05) is 38.4 Å². The molecule has 29 heavy (non-hydrogen) atoms. The van der Waals surface area contributed by atoms with Crippen LogP contribution in [0.2, 0.25) is 0 Å². The van der Waals surface area contributed by atoms with Crippen LogP contribution in [0.1, 0.15) is 60.4 Å². The molecule has 0 aliphatic carbocycles. The number of carbonyl (C=O) groups excluding carboxylic acids is 1. The largest absolute Gasteiger partial charge is 0.381 e. The van der Waals surface area contributed by atoms with E-state index >= 15 is 0 Å². The Hall–Kier alpha value is -2.25. The van der Waals surface area contributed by atoms with Gasteiger partial charge in [0.2, 0.25) is 0 Å². The molecule has 2 aliphatic rings. The zero-order valence-electron chi connectivity index (χ0n) is 17.6. The summed E-state index contributed by atoms with van der Waals surface area (Å²) in [5, 5.41) is 11.5. The Balaban J connectivity index is 1.57. The van der Waals surface area contributed by atoms with Crippen molar-refractivity contribution >= 4 is 5.91 Å². The summed E-state index contributed by atoms with van der Waals surface area (Å²) in [5.41, 5.74) is 4.90. The van der Waals surface area contributed by atoms with Crippen LogP contribution in [0, 0.1) is 6.92 Å². The van der Waals surface area contributed by atoms with E-state index < -0.39 is 0 Å². The van der Waals surface area contributed by atoms with E-state index in [1.54, 1.807) is 0 Å². The van der Waals surface area contributed by atoms with Gasteiger partial charge in [0.25, 0.3) is 5.91 Å². The highest BCUT2D eigenvalue weighted by Crippen LogP contribution is 2.29. The number of aromatic nitrogens is 3. The van der Waals surface area contributed by atoms with Crippen LogP contribution in [-0.2, 0) is 17.7 Å². The van der Waals surface area contributed by atoms with Gasteiger partial charge in [0.05, 0.1) is 11.4 Å². The molecule has 1 atom stereocenters. The normalized spacial score (nSPS) is 19.0. The Morgan fingerprint density at radius 2 is 2.14 bits per heavy atom. The number of amides is 1. The minimum atomic E-state index is -0.154. The summed E-state index contributed by atoms with van der Waals surface area (Å²) in [6.07, 6.45) is 4.10. The smallest absolute Gasteiger partial charge is 0.273 e. The van der Waals surface area contributed by atoms with E-state index in [-0.39, 0.29) is 11.9 Å². The molecule has 4 rings (SSSR count). The summed E-state index contributed by atoms with van der Waals surface area (Å²) in [4.78, 5) is 15.1. The van der Waals surface area contributed by atoms with Crippen molar-refractivity contribution in [2.45, 2.75) is 65.1 Å². The Bertz CT molecular complexity index is 872. The van der Waals surface area contributed by atoms with Crippen LogP contribution < -0.4 is 5.32 Å². The molecular formula is C22H31N5O2. The van der Waals surface area contributed by atoms with E-state index in [1.165, 1.54) is 11.1 Å². The molecule has 1 fully saturated rings. The van der Waals surface area contributed by atoms with Gasteiger partial charge in [-0.15, -0.1) is 5.10 Å². The number of carbonyl (C=O) groups is 1. The molecule has 1 N–H and O–H groups in total. The summed E-state index contributed by atoms with van der Waals surface area (Å²) in [6, 6.07) is 7.12. The molecule has 1 amide bonds. The zero-order chi connectivity index (χ0) is 20.4. The fourth-order valence-electron chi connectivity index (χ4n) is 4.33.